The average Bonchev–Trinajstić information content (AvgIpc) is 2.79. The second-order valence-electron chi connectivity index (χ2n) is 3.52. The van der Waals surface area contributed by atoms with Gasteiger partial charge in [-0.3, -0.25) is 9.78 Å². The third-order valence-corrected chi connectivity index (χ3v) is 3.54. The molecule has 0 unspecified atom stereocenters. The van der Waals surface area contributed by atoms with Crippen molar-refractivity contribution in [2.45, 2.75) is 12.8 Å². The molecule has 2 heterocycles. The van der Waals surface area contributed by atoms with E-state index in [1.165, 1.54) is 4.88 Å². The highest BCUT2D eigenvalue weighted by atomic mass is 79.9. The summed E-state index contributed by atoms with van der Waals surface area (Å²) < 4.78 is 0.855. The smallest absolute Gasteiger partial charge is 0.224 e. The molecule has 2 rings (SSSR count). The quantitative estimate of drug-likeness (QED) is 0.939. The summed E-state index contributed by atoms with van der Waals surface area (Å²) in [6.07, 6.45) is 4.59. The van der Waals surface area contributed by atoms with E-state index in [0.717, 1.165) is 16.6 Å². The van der Waals surface area contributed by atoms with Gasteiger partial charge in [0.25, 0.3) is 0 Å². The Hall–Kier alpha value is -1.20. The highest BCUT2D eigenvalue weighted by molar-refractivity contribution is 9.10. The van der Waals surface area contributed by atoms with Gasteiger partial charge in [0.2, 0.25) is 5.91 Å². The Bertz CT molecular complexity index is 499. The van der Waals surface area contributed by atoms with Crippen LogP contribution in [0, 0.1) is 0 Å². The molecular weight excluding hydrogens is 300 g/mol. The van der Waals surface area contributed by atoms with Gasteiger partial charge >= 0.3 is 0 Å². The van der Waals surface area contributed by atoms with E-state index in [4.69, 9.17) is 0 Å². The van der Waals surface area contributed by atoms with Gasteiger partial charge in [-0.1, -0.05) is 6.07 Å². The number of hydrogen-bond acceptors (Lipinski definition) is 3. The molecule has 1 N–H and O–H groups in total. The Kier molecular flexibility index (Phi) is 4.28. The predicted octanol–water partition coefficient (Wildman–Crippen LogP) is 3.48. The summed E-state index contributed by atoms with van der Waals surface area (Å²) in [5.74, 6) is 0.0123. The molecule has 0 aliphatic rings. The summed E-state index contributed by atoms with van der Waals surface area (Å²) in [7, 11) is 0. The molecule has 0 atom stereocenters. The summed E-state index contributed by atoms with van der Waals surface area (Å²) in [4.78, 5) is 16.9. The summed E-state index contributed by atoms with van der Waals surface area (Å²) in [6.45, 7) is 0. The fourth-order valence-corrected chi connectivity index (χ4v) is 2.47. The Balaban J connectivity index is 1.85. The number of carbonyl (C=O) groups is 1. The first-order valence-electron chi connectivity index (χ1n) is 5.17. The van der Waals surface area contributed by atoms with Crippen LogP contribution in [0.15, 0.2) is 40.4 Å². The molecule has 2 aromatic heterocycles. The van der Waals surface area contributed by atoms with Crippen molar-refractivity contribution in [2.24, 2.45) is 0 Å². The molecule has 0 radical (unpaired) electrons. The maximum atomic E-state index is 11.7. The standard InChI is InChI=1S/C12H11BrN2OS/c13-9-6-10(8-14-7-9)15-12(16)4-3-11-2-1-5-17-11/h1-2,5-8H,3-4H2,(H,15,16). The average molecular weight is 311 g/mol. The lowest BCUT2D eigenvalue weighted by Gasteiger charge is -2.04. The highest BCUT2D eigenvalue weighted by Crippen LogP contribution is 2.15. The van der Waals surface area contributed by atoms with E-state index in [9.17, 15) is 4.79 Å². The van der Waals surface area contributed by atoms with Crippen LogP contribution in [0.4, 0.5) is 5.69 Å². The Labute approximate surface area is 112 Å². The van der Waals surface area contributed by atoms with Gasteiger partial charge in [-0.2, -0.15) is 0 Å². The van der Waals surface area contributed by atoms with Crippen molar-refractivity contribution < 1.29 is 4.79 Å². The van der Waals surface area contributed by atoms with Crippen molar-refractivity contribution in [1.29, 1.82) is 0 Å². The minimum absolute atomic E-state index is 0.0123. The predicted molar refractivity (Wildman–Crippen MR) is 73.2 cm³/mol. The number of hydrogen-bond donors (Lipinski definition) is 1. The van der Waals surface area contributed by atoms with Crippen LogP contribution >= 0.6 is 27.3 Å². The summed E-state index contributed by atoms with van der Waals surface area (Å²) in [6, 6.07) is 5.87. The molecule has 88 valence electrons. The van der Waals surface area contributed by atoms with Crippen molar-refractivity contribution in [3.8, 4) is 0 Å². The van der Waals surface area contributed by atoms with Crippen molar-refractivity contribution in [2.75, 3.05) is 5.32 Å². The third-order valence-electron chi connectivity index (χ3n) is 2.17. The molecule has 2 aromatic rings. The maximum absolute atomic E-state index is 11.7. The molecule has 0 spiro atoms. The molecule has 0 aromatic carbocycles. The topological polar surface area (TPSA) is 42.0 Å². The van der Waals surface area contributed by atoms with Crippen LogP contribution in [-0.4, -0.2) is 10.9 Å². The molecule has 17 heavy (non-hydrogen) atoms. The van der Waals surface area contributed by atoms with E-state index in [1.807, 2.05) is 23.6 Å². The van der Waals surface area contributed by atoms with Gasteiger partial charge in [0.05, 0.1) is 11.9 Å². The third kappa shape index (κ3) is 3.94. The van der Waals surface area contributed by atoms with Crippen molar-refractivity contribution in [3.05, 3.63) is 45.3 Å². The van der Waals surface area contributed by atoms with Gasteiger partial charge in [0.1, 0.15) is 0 Å². The number of rotatable bonds is 4. The van der Waals surface area contributed by atoms with Crippen LogP contribution in [-0.2, 0) is 11.2 Å². The number of pyridine rings is 1. The zero-order valence-corrected chi connectivity index (χ0v) is 11.4. The largest absolute Gasteiger partial charge is 0.325 e. The van der Waals surface area contributed by atoms with Crippen molar-refractivity contribution >= 4 is 38.9 Å². The molecule has 0 aliphatic carbocycles. The number of nitrogens with one attached hydrogen (secondary N) is 1. The van der Waals surface area contributed by atoms with E-state index in [-0.39, 0.29) is 5.91 Å². The zero-order valence-electron chi connectivity index (χ0n) is 9.02. The number of nitrogens with zero attached hydrogens (tertiary/aromatic N) is 1. The number of amides is 1. The van der Waals surface area contributed by atoms with Gasteiger partial charge in [-0.15, -0.1) is 11.3 Å². The molecule has 0 saturated carbocycles. The lowest BCUT2D eigenvalue weighted by atomic mass is 10.2. The van der Waals surface area contributed by atoms with Crippen molar-refractivity contribution in [3.63, 3.8) is 0 Å². The van der Waals surface area contributed by atoms with Gasteiger partial charge in [-0.05, 0) is 39.9 Å². The van der Waals surface area contributed by atoms with Crippen molar-refractivity contribution in [1.82, 2.24) is 4.98 Å². The molecular formula is C12H11BrN2OS. The zero-order chi connectivity index (χ0) is 12.1. The SMILES string of the molecule is O=C(CCc1cccs1)Nc1cncc(Br)c1. The minimum Gasteiger partial charge on any atom is -0.325 e. The first-order chi connectivity index (χ1) is 8.24. The van der Waals surface area contributed by atoms with Gasteiger partial charge in [0, 0.05) is 22.0 Å². The second-order valence-corrected chi connectivity index (χ2v) is 5.47. The van der Waals surface area contributed by atoms with E-state index >= 15 is 0 Å². The molecule has 0 aliphatic heterocycles. The minimum atomic E-state index is 0.0123. The van der Waals surface area contributed by atoms with E-state index < -0.39 is 0 Å². The van der Waals surface area contributed by atoms with E-state index in [2.05, 4.69) is 26.2 Å². The van der Waals surface area contributed by atoms with Crippen LogP contribution < -0.4 is 5.32 Å². The van der Waals surface area contributed by atoms with Crippen LogP contribution in [0.2, 0.25) is 0 Å². The van der Waals surface area contributed by atoms with Gasteiger partial charge in [-0.25, -0.2) is 0 Å². The first-order valence-corrected chi connectivity index (χ1v) is 6.84. The number of halogens is 1. The number of anilines is 1. The lowest BCUT2D eigenvalue weighted by molar-refractivity contribution is -0.116. The molecule has 0 bridgehead atoms. The fourth-order valence-electron chi connectivity index (χ4n) is 1.40. The molecule has 1 amide bonds. The van der Waals surface area contributed by atoms with Crippen LogP contribution in [0.5, 0.6) is 0 Å². The number of aromatic nitrogens is 1. The van der Waals surface area contributed by atoms with Crippen LogP contribution in [0.25, 0.3) is 0 Å². The molecule has 0 fully saturated rings. The van der Waals surface area contributed by atoms with Gasteiger partial charge < -0.3 is 5.32 Å². The summed E-state index contributed by atoms with van der Waals surface area (Å²) in [5.41, 5.74) is 0.718. The Morgan fingerprint density at radius 2 is 2.35 bits per heavy atom. The van der Waals surface area contributed by atoms with Crippen LogP contribution in [0.1, 0.15) is 11.3 Å². The summed E-state index contributed by atoms with van der Waals surface area (Å²) >= 11 is 4.98. The number of carbonyl (C=O) groups excluding carboxylic acids is 1. The van der Waals surface area contributed by atoms with Crippen LogP contribution in [0.3, 0.4) is 0 Å². The lowest BCUT2D eigenvalue weighted by Crippen LogP contribution is -2.12. The Morgan fingerprint density at radius 1 is 1.47 bits per heavy atom. The number of thiophene rings is 1. The second kappa shape index (κ2) is 5.93. The molecule has 0 saturated heterocycles. The normalized spacial score (nSPS) is 10.2. The van der Waals surface area contributed by atoms with Gasteiger partial charge in [0.15, 0.2) is 0 Å². The first kappa shape index (κ1) is 12.3. The fraction of sp³-hybridized carbons (Fsp3) is 0.167. The Morgan fingerprint density at radius 3 is 3.06 bits per heavy atom. The molecule has 5 heteroatoms. The monoisotopic (exact) mass is 310 g/mol. The highest BCUT2D eigenvalue weighted by Gasteiger charge is 2.04. The maximum Gasteiger partial charge on any atom is 0.224 e. The van der Waals surface area contributed by atoms with E-state index in [0.29, 0.717) is 6.42 Å². The summed E-state index contributed by atoms with van der Waals surface area (Å²) in [5, 5.41) is 4.84. The molecule has 3 nitrogen and oxygen atoms in total. The van der Waals surface area contributed by atoms with E-state index in [1.54, 1.807) is 23.7 Å². The number of aryl methyl sites for hydroxylation is 1.